The van der Waals surface area contributed by atoms with E-state index in [-0.39, 0.29) is 6.03 Å². The average Bonchev–Trinajstić information content (AvgIpc) is 2.50. The minimum absolute atomic E-state index is 0.188. The van der Waals surface area contributed by atoms with E-state index in [0.29, 0.717) is 13.2 Å². The van der Waals surface area contributed by atoms with Crippen LogP contribution in [0, 0.1) is 0 Å². The Hall–Kier alpha value is -2.49. The molecular formula is C17H20N2O2. The number of hydrogen-bond acceptors (Lipinski definition) is 2. The molecule has 0 atom stereocenters. The molecule has 0 radical (unpaired) electrons. The first-order valence-corrected chi connectivity index (χ1v) is 7.09. The SMILES string of the molecule is CCOc1ccc(CCNC(=O)Nc2ccccc2)cc1. The average molecular weight is 284 g/mol. The largest absolute Gasteiger partial charge is 0.494 e. The highest BCUT2D eigenvalue weighted by Crippen LogP contribution is 2.12. The van der Waals surface area contributed by atoms with Crippen LogP contribution < -0.4 is 15.4 Å². The number of para-hydroxylation sites is 1. The third-order valence-corrected chi connectivity index (χ3v) is 2.97. The minimum atomic E-state index is -0.188. The first-order valence-electron chi connectivity index (χ1n) is 7.09. The molecule has 2 amide bonds. The highest BCUT2D eigenvalue weighted by atomic mass is 16.5. The van der Waals surface area contributed by atoms with Gasteiger partial charge in [0.15, 0.2) is 0 Å². The normalized spacial score (nSPS) is 9.95. The van der Waals surface area contributed by atoms with Gasteiger partial charge in [0.25, 0.3) is 0 Å². The predicted octanol–water partition coefficient (Wildman–Crippen LogP) is 3.45. The highest BCUT2D eigenvalue weighted by Gasteiger charge is 2.01. The number of carbonyl (C=O) groups is 1. The zero-order valence-corrected chi connectivity index (χ0v) is 12.1. The molecule has 2 aromatic carbocycles. The molecule has 0 unspecified atom stereocenters. The van der Waals surface area contributed by atoms with E-state index in [1.54, 1.807) is 0 Å². The summed E-state index contributed by atoms with van der Waals surface area (Å²) in [6.45, 7) is 3.22. The van der Waals surface area contributed by atoms with Crippen molar-refractivity contribution in [1.82, 2.24) is 5.32 Å². The van der Waals surface area contributed by atoms with E-state index in [9.17, 15) is 4.79 Å². The molecule has 2 N–H and O–H groups in total. The van der Waals surface area contributed by atoms with Crippen LogP contribution in [0.1, 0.15) is 12.5 Å². The van der Waals surface area contributed by atoms with Crippen LogP contribution in [0.15, 0.2) is 54.6 Å². The second-order valence-electron chi connectivity index (χ2n) is 4.57. The lowest BCUT2D eigenvalue weighted by Gasteiger charge is -2.08. The molecule has 0 aliphatic rings. The molecule has 0 aliphatic carbocycles. The van der Waals surface area contributed by atoms with Crippen molar-refractivity contribution in [1.29, 1.82) is 0 Å². The van der Waals surface area contributed by atoms with Crippen molar-refractivity contribution in [2.75, 3.05) is 18.5 Å². The van der Waals surface area contributed by atoms with Gasteiger partial charge in [0.05, 0.1) is 6.61 Å². The Balaban J connectivity index is 1.72. The second-order valence-corrected chi connectivity index (χ2v) is 4.57. The van der Waals surface area contributed by atoms with E-state index in [1.165, 1.54) is 5.56 Å². The summed E-state index contributed by atoms with van der Waals surface area (Å²) in [5.74, 6) is 0.871. The fraction of sp³-hybridized carbons (Fsp3) is 0.235. The Morgan fingerprint density at radius 3 is 2.43 bits per heavy atom. The molecule has 4 heteroatoms. The summed E-state index contributed by atoms with van der Waals surface area (Å²) in [7, 11) is 0. The first kappa shape index (κ1) is 14.9. The van der Waals surface area contributed by atoms with Gasteiger partial charge < -0.3 is 15.4 Å². The first-order chi connectivity index (χ1) is 10.3. The van der Waals surface area contributed by atoms with Gasteiger partial charge in [-0.2, -0.15) is 0 Å². The minimum Gasteiger partial charge on any atom is -0.494 e. The Morgan fingerprint density at radius 2 is 1.76 bits per heavy atom. The maximum Gasteiger partial charge on any atom is 0.319 e. The standard InChI is InChI=1S/C17H20N2O2/c1-2-21-16-10-8-14(9-11-16)12-13-18-17(20)19-15-6-4-3-5-7-15/h3-11H,2,12-13H2,1H3,(H2,18,19,20). The Morgan fingerprint density at radius 1 is 1.05 bits per heavy atom. The van der Waals surface area contributed by atoms with E-state index in [0.717, 1.165) is 17.9 Å². The molecule has 4 nitrogen and oxygen atoms in total. The van der Waals surface area contributed by atoms with Crippen molar-refractivity contribution in [2.24, 2.45) is 0 Å². The summed E-state index contributed by atoms with van der Waals surface area (Å²) in [4.78, 5) is 11.7. The van der Waals surface area contributed by atoms with Crippen molar-refractivity contribution < 1.29 is 9.53 Å². The molecule has 0 spiro atoms. The van der Waals surface area contributed by atoms with Crippen molar-refractivity contribution >= 4 is 11.7 Å². The number of hydrogen-bond donors (Lipinski definition) is 2. The monoisotopic (exact) mass is 284 g/mol. The lowest BCUT2D eigenvalue weighted by Crippen LogP contribution is -2.30. The fourth-order valence-corrected chi connectivity index (χ4v) is 1.94. The zero-order chi connectivity index (χ0) is 14.9. The molecule has 2 rings (SSSR count). The molecule has 0 saturated carbocycles. The molecule has 0 aromatic heterocycles. The van der Waals surface area contributed by atoms with Crippen LogP contribution in [-0.4, -0.2) is 19.2 Å². The number of anilines is 1. The number of urea groups is 1. The molecule has 110 valence electrons. The molecule has 2 aromatic rings. The summed E-state index contributed by atoms with van der Waals surface area (Å²) in [5.41, 5.74) is 1.95. The summed E-state index contributed by atoms with van der Waals surface area (Å²) in [6.07, 6.45) is 0.786. The third kappa shape index (κ3) is 5.18. The molecule has 0 heterocycles. The third-order valence-electron chi connectivity index (χ3n) is 2.97. The molecule has 0 aliphatic heterocycles. The number of nitrogens with one attached hydrogen (secondary N) is 2. The van der Waals surface area contributed by atoms with Crippen molar-refractivity contribution in [2.45, 2.75) is 13.3 Å². The van der Waals surface area contributed by atoms with Crippen molar-refractivity contribution in [3.05, 3.63) is 60.2 Å². The Labute approximate surface area is 125 Å². The lowest BCUT2D eigenvalue weighted by molar-refractivity contribution is 0.252. The van der Waals surface area contributed by atoms with Crippen LogP contribution in [0.2, 0.25) is 0 Å². The van der Waals surface area contributed by atoms with Crippen LogP contribution in [0.5, 0.6) is 5.75 Å². The van der Waals surface area contributed by atoms with E-state index < -0.39 is 0 Å². The summed E-state index contributed by atoms with van der Waals surface area (Å²) >= 11 is 0. The van der Waals surface area contributed by atoms with Gasteiger partial charge in [0.2, 0.25) is 0 Å². The van der Waals surface area contributed by atoms with Crippen molar-refractivity contribution in [3.63, 3.8) is 0 Å². The highest BCUT2D eigenvalue weighted by molar-refractivity contribution is 5.89. The van der Waals surface area contributed by atoms with Crippen molar-refractivity contribution in [3.8, 4) is 5.75 Å². The van der Waals surface area contributed by atoms with Crippen LogP contribution in [0.3, 0.4) is 0 Å². The van der Waals surface area contributed by atoms with E-state index in [1.807, 2.05) is 61.5 Å². The summed E-state index contributed by atoms with van der Waals surface area (Å²) in [6, 6.07) is 17.1. The molecular weight excluding hydrogens is 264 g/mol. The van der Waals surface area contributed by atoms with Crippen LogP contribution >= 0.6 is 0 Å². The van der Waals surface area contributed by atoms with Gasteiger partial charge >= 0.3 is 6.03 Å². The molecule has 0 bridgehead atoms. The number of amides is 2. The number of ether oxygens (including phenoxy) is 1. The molecule has 0 fully saturated rings. The predicted molar refractivity (Wildman–Crippen MR) is 84.8 cm³/mol. The quantitative estimate of drug-likeness (QED) is 0.853. The Bertz CT molecular complexity index is 553. The number of rotatable bonds is 6. The Kier molecular flexibility index (Phi) is 5.64. The van der Waals surface area contributed by atoms with Gasteiger partial charge in [0, 0.05) is 12.2 Å². The number of benzene rings is 2. The van der Waals surface area contributed by atoms with Gasteiger partial charge in [-0.25, -0.2) is 4.79 Å². The van der Waals surface area contributed by atoms with Gasteiger partial charge in [-0.05, 0) is 43.2 Å². The second kappa shape index (κ2) is 7.94. The topological polar surface area (TPSA) is 50.4 Å². The molecule has 21 heavy (non-hydrogen) atoms. The van der Waals surface area contributed by atoms with Crippen LogP contribution in [0.4, 0.5) is 10.5 Å². The van der Waals surface area contributed by atoms with Crippen LogP contribution in [-0.2, 0) is 6.42 Å². The summed E-state index contributed by atoms with van der Waals surface area (Å²) in [5, 5.41) is 5.62. The lowest BCUT2D eigenvalue weighted by atomic mass is 10.1. The van der Waals surface area contributed by atoms with Gasteiger partial charge in [-0.15, -0.1) is 0 Å². The van der Waals surface area contributed by atoms with Crippen LogP contribution in [0.25, 0.3) is 0 Å². The number of carbonyl (C=O) groups excluding carboxylic acids is 1. The van der Waals surface area contributed by atoms with E-state index >= 15 is 0 Å². The maximum absolute atomic E-state index is 11.7. The zero-order valence-electron chi connectivity index (χ0n) is 12.1. The smallest absolute Gasteiger partial charge is 0.319 e. The molecule has 0 saturated heterocycles. The summed E-state index contributed by atoms with van der Waals surface area (Å²) < 4.78 is 5.39. The fourth-order valence-electron chi connectivity index (χ4n) is 1.94. The van der Waals surface area contributed by atoms with Gasteiger partial charge in [-0.3, -0.25) is 0 Å². The van der Waals surface area contributed by atoms with Gasteiger partial charge in [0.1, 0.15) is 5.75 Å². The van der Waals surface area contributed by atoms with E-state index in [2.05, 4.69) is 10.6 Å². The van der Waals surface area contributed by atoms with Gasteiger partial charge in [-0.1, -0.05) is 30.3 Å². The maximum atomic E-state index is 11.7. The van der Waals surface area contributed by atoms with E-state index in [4.69, 9.17) is 4.74 Å².